The van der Waals surface area contributed by atoms with Crippen molar-refractivity contribution in [2.75, 3.05) is 11.6 Å². The summed E-state index contributed by atoms with van der Waals surface area (Å²) in [5, 5.41) is 13.9. The number of alkyl halides is 3. The molecule has 0 aliphatic carbocycles. The summed E-state index contributed by atoms with van der Waals surface area (Å²) in [5.41, 5.74) is -1.81. The summed E-state index contributed by atoms with van der Waals surface area (Å²) in [4.78, 5) is 25.9. The van der Waals surface area contributed by atoms with Crippen LogP contribution in [0.4, 0.5) is 27.6 Å². The number of rotatable bonds is 5. The Bertz CT molecular complexity index is 1690. The summed E-state index contributed by atoms with van der Waals surface area (Å²) in [6.45, 7) is 0. The van der Waals surface area contributed by atoms with Crippen LogP contribution in [-0.4, -0.2) is 22.3 Å². The standard InChI is InChI=1S/C25H16ClF5N4O3S/c1-39(38,33-11-32)10-12-4-18-21(22(35-24(18)37)17-9-15(27)2-3-19(17)26)20(5-12)34-23(36)13-6-14(25(29,30)31)8-16(28)7-13/h2-9,22H,10H2,1H3,(H,34,36)(H,35,37)/t22-,39+/m1/s1. The molecule has 3 aromatic rings. The van der Waals surface area contributed by atoms with Crippen molar-refractivity contribution < 1.29 is 35.8 Å². The fourth-order valence-electron chi connectivity index (χ4n) is 4.16. The summed E-state index contributed by atoms with van der Waals surface area (Å²) in [5.74, 6) is -4.13. The van der Waals surface area contributed by atoms with Gasteiger partial charge in [-0.05, 0) is 54.1 Å². The van der Waals surface area contributed by atoms with Crippen LogP contribution >= 0.6 is 11.6 Å². The van der Waals surface area contributed by atoms with E-state index in [9.17, 15) is 35.8 Å². The molecule has 1 aliphatic rings. The highest BCUT2D eigenvalue weighted by Crippen LogP contribution is 2.40. The first-order valence-corrected chi connectivity index (χ1v) is 13.4. The first-order valence-electron chi connectivity index (χ1n) is 10.9. The highest BCUT2D eigenvalue weighted by Gasteiger charge is 2.36. The molecule has 2 amide bonds. The summed E-state index contributed by atoms with van der Waals surface area (Å²) in [6, 6.07) is 6.24. The van der Waals surface area contributed by atoms with E-state index in [1.165, 1.54) is 30.6 Å². The number of nitriles is 1. The number of fused-ring (bicyclic) bond motifs is 1. The van der Waals surface area contributed by atoms with Gasteiger partial charge < -0.3 is 10.6 Å². The molecule has 0 spiro atoms. The van der Waals surface area contributed by atoms with Crippen LogP contribution in [0.5, 0.6) is 0 Å². The van der Waals surface area contributed by atoms with Crippen molar-refractivity contribution in [3.05, 3.63) is 98.6 Å². The Kier molecular flexibility index (Phi) is 7.38. The number of nitrogens with one attached hydrogen (secondary N) is 2. The van der Waals surface area contributed by atoms with Crippen LogP contribution in [0.3, 0.4) is 0 Å². The maximum absolute atomic E-state index is 14.1. The Morgan fingerprint density at radius 3 is 2.54 bits per heavy atom. The second kappa shape index (κ2) is 10.3. The van der Waals surface area contributed by atoms with Crippen LogP contribution in [-0.2, 0) is 21.7 Å². The third kappa shape index (κ3) is 6.02. The number of halogens is 6. The second-order valence-electron chi connectivity index (χ2n) is 8.65. The van der Waals surface area contributed by atoms with Gasteiger partial charge in [0.25, 0.3) is 11.8 Å². The lowest BCUT2D eigenvalue weighted by atomic mass is 9.94. The van der Waals surface area contributed by atoms with E-state index >= 15 is 0 Å². The Morgan fingerprint density at radius 1 is 1.15 bits per heavy atom. The molecule has 1 aliphatic heterocycles. The summed E-state index contributed by atoms with van der Waals surface area (Å²) >= 11 is 6.24. The molecule has 0 saturated heterocycles. The van der Waals surface area contributed by atoms with Gasteiger partial charge in [-0.15, -0.1) is 4.36 Å². The average Bonchev–Trinajstić information content (AvgIpc) is 3.15. The summed E-state index contributed by atoms with van der Waals surface area (Å²) in [6.07, 6.45) is -2.29. The molecule has 0 fully saturated rings. The number of hydrogen-bond donors (Lipinski definition) is 2. The first kappa shape index (κ1) is 28.0. The van der Waals surface area contributed by atoms with Crippen LogP contribution < -0.4 is 10.6 Å². The number of carbonyl (C=O) groups excluding carboxylic acids is 2. The minimum Gasteiger partial charge on any atom is -0.341 e. The zero-order valence-electron chi connectivity index (χ0n) is 19.7. The third-order valence-electron chi connectivity index (χ3n) is 5.72. The lowest BCUT2D eigenvalue weighted by Gasteiger charge is -2.19. The molecular formula is C25H16ClF5N4O3S. The molecule has 0 radical (unpaired) electrons. The Morgan fingerprint density at radius 2 is 1.87 bits per heavy atom. The number of carbonyl (C=O) groups is 2. The van der Waals surface area contributed by atoms with E-state index in [1.807, 2.05) is 0 Å². The molecule has 202 valence electrons. The average molecular weight is 583 g/mol. The van der Waals surface area contributed by atoms with Gasteiger partial charge >= 0.3 is 6.18 Å². The number of amides is 2. The van der Waals surface area contributed by atoms with Crippen molar-refractivity contribution in [3.63, 3.8) is 0 Å². The molecule has 0 saturated carbocycles. The Labute approximate surface area is 223 Å². The van der Waals surface area contributed by atoms with Gasteiger partial charge in [0.15, 0.2) is 0 Å². The lowest BCUT2D eigenvalue weighted by Crippen LogP contribution is -2.21. The molecule has 0 unspecified atom stereocenters. The van der Waals surface area contributed by atoms with Crippen molar-refractivity contribution in [1.29, 1.82) is 5.26 Å². The Hall–Kier alpha value is -4.02. The van der Waals surface area contributed by atoms with Gasteiger partial charge in [0, 0.05) is 39.2 Å². The van der Waals surface area contributed by atoms with Crippen molar-refractivity contribution in [3.8, 4) is 6.19 Å². The van der Waals surface area contributed by atoms with Gasteiger partial charge in [-0.3, -0.25) is 9.59 Å². The van der Waals surface area contributed by atoms with E-state index in [1.54, 1.807) is 0 Å². The van der Waals surface area contributed by atoms with Gasteiger partial charge in [-0.2, -0.15) is 18.4 Å². The van der Waals surface area contributed by atoms with Gasteiger partial charge in [0.2, 0.25) is 6.19 Å². The van der Waals surface area contributed by atoms with E-state index in [2.05, 4.69) is 15.0 Å². The Balaban J connectivity index is 1.87. The van der Waals surface area contributed by atoms with Crippen molar-refractivity contribution in [2.45, 2.75) is 18.0 Å². The second-order valence-corrected chi connectivity index (χ2v) is 11.4. The molecule has 39 heavy (non-hydrogen) atoms. The van der Waals surface area contributed by atoms with Gasteiger partial charge in [-0.25, -0.2) is 13.0 Å². The predicted octanol–water partition coefficient (Wildman–Crippen LogP) is 5.80. The minimum atomic E-state index is -4.93. The fourth-order valence-corrected chi connectivity index (χ4v) is 5.40. The van der Waals surface area contributed by atoms with Gasteiger partial charge in [-0.1, -0.05) is 11.6 Å². The summed E-state index contributed by atoms with van der Waals surface area (Å²) in [7, 11) is -3.10. The molecule has 0 bridgehead atoms. The fraction of sp³-hybridized carbons (Fsp3) is 0.160. The zero-order valence-corrected chi connectivity index (χ0v) is 21.3. The quantitative estimate of drug-likeness (QED) is 0.292. The number of anilines is 1. The predicted molar refractivity (Wildman–Crippen MR) is 132 cm³/mol. The van der Waals surface area contributed by atoms with E-state index in [4.69, 9.17) is 16.9 Å². The highest BCUT2D eigenvalue weighted by atomic mass is 35.5. The molecule has 1 heterocycles. The SMILES string of the molecule is C[S@](=O)(Cc1cc(NC(=O)c2cc(F)cc(C(F)(F)F)c2)c2c(c1)C(=O)N[C@@H]2c1cc(F)ccc1Cl)=NC#N. The topological polar surface area (TPSA) is 111 Å². The minimum absolute atomic E-state index is 0.0319. The monoisotopic (exact) mass is 582 g/mol. The molecule has 4 rings (SSSR count). The molecule has 7 nitrogen and oxygen atoms in total. The van der Waals surface area contributed by atoms with E-state index in [0.717, 1.165) is 12.1 Å². The molecule has 0 aromatic heterocycles. The molecule has 14 heteroatoms. The molecule has 2 atom stereocenters. The van der Waals surface area contributed by atoms with Crippen molar-refractivity contribution in [1.82, 2.24) is 5.32 Å². The number of benzene rings is 3. The smallest absolute Gasteiger partial charge is 0.341 e. The van der Waals surface area contributed by atoms with Crippen LogP contribution in [0.25, 0.3) is 0 Å². The largest absolute Gasteiger partial charge is 0.416 e. The zero-order chi connectivity index (χ0) is 28.7. The highest BCUT2D eigenvalue weighted by molar-refractivity contribution is 7.92. The van der Waals surface area contributed by atoms with Crippen LogP contribution in [0.2, 0.25) is 5.02 Å². The van der Waals surface area contributed by atoms with E-state index < -0.39 is 56.5 Å². The van der Waals surface area contributed by atoms with Gasteiger partial charge in [0.1, 0.15) is 11.6 Å². The van der Waals surface area contributed by atoms with Crippen LogP contribution in [0, 0.1) is 23.1 Å². The molecule has 3 aromatic carbocycles. The normalized spacial score (nSPS) is 16.1. The van der Waals surface area contributed by atoms with Gasteiger partial charge in [0.05, 0.1) is 27.1 Å². The third-order valence-corrected chi connectivity index (χ3v) is 7.40. The summed E-state index contributed by atoms with van der Waals surface area (Å²) < 4.78 is 83.6. The van der Waals surface area contributed by atoms with Crippen molar-refractivity contribution >= 4 is 38.8 Å². The maximum Gasteiger partial charge on any atom is 0.416 e. The van der Waals surface area contributed by atoms with E-state index in [0.29, 0.717) is 12.1 Å². The maximum atomic E-state index is 14.1. The molecule has 2 N–H and O–H groups in total. The number of hydrogen-bond acceptors (Lipinski definition) is 5. The van der Waals surface area contributed by atoms with Crippen LogP contribution in [0.1, 0.15) is 49.0 Å². The first-order chi connectivity index (χ1) is 18.2. The number of nitrogens with zero attached hydrogens (tertiary/aromatic N) is 2. The van der Waals surface area contributed by atoms with E-state index in [-0.39, 0.29) is 44.8 Å². The van der Waals surface area contributed by atoms with Crippen molar-refractivity contribution in [2.24, 2.45) is 4.36 Å². The molecular weight excluding hydrogens is 567 g/mol. The van der Waals surface area contributed by atoms with Crippen LogP contribution in [0.15, 0.2) is 52.9 Å². The lowest BCUT2D eigenvalue weighted by molar-refractivity contribution is -0.137.